The van der Waals surface area contributed by atoms with E-state index in [1.807, 2.05) is 37.3 Å². The van der Waals surface area contributed by atoms with Gasteiger partial charge in [0.2, 0.25) is 0 Å². The summed E-state index contributed by atoms with van der Waals surface area (Å²) in [6.07, 6.45) is 5.50. The minimum Gasteiger partial charge on any atom is -0.387 e. The van der Waals surface area contributed by atoms with Crippen LogP contribution in [0.15, 0.2) is 30.3 Å². The number of aliphatic hydroxyl groups is 1. The van der Waals surface area contributed by atoms with Crippen LogP contribution < -0.4 is 0 Å². The van der Waals surface area contributed by atoms with Crippen LogP contribution in [0.4, 0.5) is 0 Å². The third kappa shape index (κ3) is 4.13. The van der Waals surface area contributed by atoms with Gasteiger partial charge in [-0.3, -0.25) is 0 Å². The van der Waals surface area contributed by atoms with Crippen LogP contribution in [0, 0.1) is 12.3 Å². The fourth-order valence-electron chi connectivity index (χ4n) is 1.58. The summed E-state index contributed by atoms with van der Waals surface area (Å²) in [4.78, 5) is 0. The minimum absolute atomic E-state index is 0.203. The van der Waals surface area contributed by atoms with Crippen molar-refractivity contribution in [1.82, 2.24) is 0 Å². The highest BCUT2D eigenvalue weighted by Crippen LogP contribution is 2.29. The standard InChI is InChI=1S/C15H19BrO2/c1-4-10-14(2,17)12-18-15(3,11-16)13-8-6-5-7-9-13/h1,5-9,17H,10-12H2,2-3H3. The monoisotopic (exact) mass is 310 g/mol. The number of halogens is 1. The zero-order valence-corrected chi connectivity index (χ0v) is 12.4. The number of terminal acetylenes is 1. The van der Waals surface area contributed by atoms with Gasteiger partial charge in [0.25, 0.3) is 0 Å². The maximum Gasteiger partial charge on any atom is 0.100 e. The molecule has 1 rings (SSSR count). The van der Waals surface area contributed by atoms with E-state index in [4.69, 9.17) is 11.2 Å². The van der Waals surface area contributed by atoms with Gasteiger partial charge in [0.1, 0.15) is 5.60 Å². The van der Waals surface area contributed by atoms with Crippen LogP contribution >= 0.6 is 15.9 Å². The summed E-state index contributed by atoms with van der Waals surface area (Å²) in [5, 5.41) is 10.7. The molecule has 2 nitrogen and oxygen atoms in total. The molecule has 0 heterocycles. The Kier molecular flexibility index (Phi) is 5.40. The molecule has 0 aliphatic heterocycles. The Morgan fingerprint density at radius 1 is 1.33 bits per heavy atom. The number of hydrogen-bond acceptors (Lipinski definition) is 2. The molecule has 2 atom stereocenters. The van der Waals surface area contributed by atoms with E-state index >= 15 is 0 Å². The summed E-state index contributed by atoms with van der Waals surface area (Å²) in [6, 6.07) is 9.93. The zero-order valence-electron chi connectivity index (χ0n) is 10.8. The van der Waals surface area contributed by atoms with Crippen LogP contribution in [0.1, 0.15) is 25.8 Å². The third-order valence-electron chi connectivity index (χ3n) is 2.82. The average Bonchev–Trinajstić information content (AvgIpc) is 2.37. The summed E-state index contributed by atoms with van der Waals surface area (Å²) >= 11 is 3.47. The Balaban J connectivity index is 2.76. The number of alkyl halides is 1. The molecule has 0 amide bonds. The zero-order chi connectivity index (χ0) is 13.6. The molecule has 1 N–H and O–H groups in total. The maximum absolute atomic E-state index is 10.0. The summed E-state index contributed by atoms with van der Waals surface area (Å²) in [7, 11) is 0. The molecule has 0 aromatic heterocycles. The first-order chi connectivity index (χ1) is 8.43. The molecule has 1 aromatic rings. The fourth-order valence-corrected chi connectivity index (χ4v) is 2.06. The van der Waals surface area contributed by atoms with Crippen molar-refractivity contribution >= 4 is 15.9 Å². The van der Waals surface area contributed by atoms with Gasteiger partial charge in [-0.15, -0.1) is 12.3 Å². The van der Waals surface area contributed by atoms with Gasteiger partial charge >= 0.3 is 0 Å². The second-order valence-corrected chi connectivity index (χ2v) is 5.46. The first kappa shape index (κ1) is 15.2. The molecular formula is C15H19BrO2. The summed E-state index contributed by atoms with van der Waals surface area (Å²) in [6.45, 7) is 3.88. The Labute approximate surface area is 117 Å². The van der Waals surface area contributed by atoms with Crippen molar-refractivity contribution < 1.29 is 9.84 Å². The van der Waals surface area contributed by atoms with Crippen molar-refractivity contribution in [3.05, 3.63) is 35.9 Å². The molecule has 0 saturated carbocycles. The van der Waals surface area contributed by atoms with Crippen molar-refractivity contribution in [3.63, 3.8) is 0 Å². The maximum atomic E-state index is 10.0. The van der Waals surface area contributed by atoms with Crippen LogP contribution in [-0.2, 0) is 10.3 Å². The quantitative estimate of drug-likeness (QED) is 0.646. The Bertz CT molecular complexity index is 408. The molecule has 1 aromatic carbocycles. The van der Waals surface area contributed by atoms with E-state index in [1.165, 1.54) is 0 Å². The van der Waals surface area contributed by atoms with Gasteiger partial charge in [-0.2, -0.15) is 0 Å². The van der Waals surface area contributed by atoms with Crippen molar-refractivity contribution in [2.24, 2.45) is 0 Å². The summed E-state index contributed by atoms with van der Waals surface area (Å²) in [5.74, 6) is 2.46. The van der Waals surface area contributed by atoms with Gasteiger partial charge in [0, 0.05) is 11.8 Å². The Hall–Kier alpha value is -0.820. The number of hydrogen-bond donors (Lipinski definition) is 1. The van der Waals surface area contributed by atoms with Crippen LogP contribution in [0.5, 0.6) is 0 Å². The lowest BCUT2D eigenvalue weighted by Gasteiger charge is -2.32. The molecular weight excluding hydrogens is 292 g/mol. The minimum atomic E-state index is -0.993. The van der Waals surface area contributed by atoms with Crippen molar-refractivity contribution in [2.45, 2.75) is 31.5 Å². The van der Waals surface area contributed by atoms with Gasteiger partial charge in [-0.05, 0) is 19.4 Å². The van der Waals surface area contributed by atoms with Gasteiger partial charge in [-0.25, -0.2) is 0 Å². The predicted octanol–water partition coefficient (Wildman–Crippen LogP) is 3.09. The van der Waals surface area contributed by atoms with E-state index in [9.17, 15) is 5.11 Å². The highest BCUT2D eigenvalue weighted by molar-refractivity contribution is 9.09. The number of rotatable bonds is 6. The van der Waals surface area contributed by atoms with E-state index in [0.29, 0.717) is 5.33 Å². The molecule has 2 unspecified atom stereocenters. The highest BCUT2D eigenvalue weighted by Gasteiger charge is 2.30. The third-order valence-corrected chi connectivity index (χ3v) is 3.89. The molecule has 18 heavy (non-hydrogen) atoms. The number of benzene rings is 1. The molecule has 0 bridgehead atoms. The Morgan fingerprint density at radius 2 is 1.94 bits per heavy atom. The van der Waals surface area contributed by atoms with E-state index in [0.717, 1.165) is 5.56 Å². The smallest absolute Gasteiger partial charge is 0.100 e. The summed E-state index contributed by atoms with van der Waals surface area (Å²) < 4.78 is 5.89. The fraction of sp³-hybridized carbons (Fsp3) is 0.467. The average molecular weight is 311 g/mol. The van der Waals surface area contributed by atoms with Crippen LogP contribution in [0.25, 0.3) is 0 Å². The lowest BCUT2D eigenvalue weighted by atomic mass is 9.97. The number of ether oxygens (including phenoxy) is 1. The molecule has 0 saturated heterocycles. The summed E-state index contributed by atoms with van der Waals surface area (Å²) in [5.41, 5.74) is -0.398. The molecule has 98 valence electrons. The second kappa shape index (κ2) is 6.38. The van der Waals surface area contributed by atoms with E-state index < -0.39 is 11.2 Å². The van der Waals surface area contributed by atoms with Gasteiger partial charge < -0.3 is 9.84 Å². The van der Waals surface area contributed by atoms with Gasteiger partial charge in [0.15, 0.2) is 0 Å². The first-order valence-electron chi connectivity index (χ1n) is 5.85. The lowest BCUT2D eigenvalue weighted by molar-refractivity contribution is -0.0969. The Morgan fingerprint density at radius 3 is 2.44 bits per heavy atom. The molecule has 0 radical (unpaired) electrons. The normalized spacial score (nSPS) is 17.5. The first-order valence-corrected chi connectivity index (χ1v) is 6.97. The van der Waals surface area contributed by atoms with Crippen molar-refractivity contribution in [2.75, 3.05) is 11.9 Å². The van der Waals surface area contributed by atoms with Crippen LogP contribution in [0.3, 0.4) is 0 Å². The van der Waals surface area contributed by atoms with Crippen molar-refractivity contribution in [1.29, 1.82) is 0 Å². The van der Waals surface area contributed by atoms with Crippen LogP contribution in [0.2, 0.25) is 0 Å². The molecule has 0 spiro atoms. The molecule has 0 fully saturated rings. The van der Waals surface area contributed by atoms with E-state index in [2.05, 4.69) is 21.9 Å². The van der Waals surface area contributed by atoms with E-state index in [1.54, 1.807) is 6.92 Å². The second-order valence-electron chi connectivity index (χ2n) is 4.90. The SMILES string of the molecule is C#CCC(C)(O)COC(C)(CBr)c1ccccc1. The van der Waals surface area contributed by atoms with Crippen molar-refractivity contribution in [3.8, 4) is 12.3 Å². The van der Waals surface area contributed by atoms with Crippen LogP contribution in [-0.4, -0.2) is 22.6 Å². The highest BCUT2D eigenvalue weighted by atomic mass is 79.9. The molecule has 3 heteroatoms. The van der Waals surface area contributed by atoms with E-state index in [-0.39, 0.29) is 13.0 Å². The van der Waals surface area contributed by atoms with Gasteiger partial charge in [0.05, 0.1) is 12.2 Å². The largest absolute Gasteiger partial charge is 0.387 e. The molecule has 0 aliphatic carbocycles. The molecule has 0 aliphatic rings. The van der Waals surface area contributed by atoms with Gasteiger partial charge in [-0.1, -0.05) is 46.3 Å². The topological polar surface area (TPSA) is 29.5 Å². The predicted molar refractivity (Wildman–Crippen MR) is 77.6 cm³/mol. The lowest BCUT2D eigenvalue weighted by Crippen LogP contribution is -2.37.